The maximum absolute atomic E-state index is 11.3. The molecule has 0 aliphatic carbocycles. The normalized spacial score (nSPS) is 12.3. The molecule has 0 aliphatic rings. The fourth-order valence-corrected chi connectivity index (χ4v) is 2.08. The van der Waals surface area contributed by atoms with E-state index in [-0.39, 0.29) is 11.5 Å². The topological polar surface area (TPSA) is 86.2 Å². The number of anilines is 1. The first-order chi connectivity index (χ1) is 6.59. The maximum Gasteiger partial charge on any atom is 0.230 e. The fourth-order valence-electron chi connectivity index (χ4n) is 1.05. The number of primary amides is 1. The van der Waals surface area contributed by atoms with Crippen LogP contribution in [-0.4, -0.2) is 15.9 Å². The monoisotopic (exact) mass is 212 g/mol. The van der Waals surface area contributed by atoms with E-state index in [2.05, 4.69) is 0 Å². The molecule has 1 amide bonds. The van der Waals surface area contributed by atoms with Crippen molar-refractivity contribution >= 4 is 22.4 Å². The highest BCUT2D eigenvalue weighted by Crippen LogP contribution is 2.12. The highest BCUT2D eigenvalue weighted by molar-refractivity contribution is 7.84. The molecule has 0 bridgehead atoms. The molecule has 1 rings (SSSR count). The van der Waals surface area contributed by atoms with Crippen LogP contribution in [0.25, 0.3) is 0 Å². The van der Waals surface area contributed by atoms with Gasteiger partial charge in [-0.05, 0) is 11.6 Å². The predicted molar refractivity (Wildman–Crippen MR) is 56.8 cm³/mol. The first-order valence-corrected chi connectivity index (χ1v) is 5.55. The number of amides is 1. The molecule has 0 spiro atoms. The van der Waals surface area contributed by atoms with E-state index in [1.54, 1.807) is 18.2 Å². The van der Waals surface area contributed by atoms with E-state index < -0.39 is 16.7 Å². The minimum Gasteiger partial charge on any atom is -0.398 e. The molecule has 76 valence electrons. The summed E-state index contributed by atoms with van der Waals surface area (Å²) in [4.78, 5) is 10.5. The molecule has 1 aromatic carbocycles. The molecule has 0 aromatic heterocycles. The molecular weight excluding hydrogens is 200 g/mol. The summed E-state index contributed by atoms with van der Waals surface area (Å²) in [5.41, 5.74) is 11.9. The van der Waals surface area contributed by atoms with Gasteiger partial charge in [-0.3, -0.25) is 9.00 Å². The van der Waals surface area contributed by atoms with Crippen LogP contribution in [0.15, 0.2) is 24.3 Å². The van der Waals surface area contributed by atoms with Crippen molar-refractivity contribution in [3.05, 3.63) is 29.8 Å². The molecule has 1 atom stereocenters. The Morgan fingerprint density at radius 2 is 2.00 bits per heavy atom. The van der Waals surface area contributed by atoms with Gasteiger partial charge in [-0.15, -0.1) is 0 Å². The molecule has 1 aromatic rings. The van der Waals surface area contributed by atoms with Crippen molar-refractivity contribution in [3.63, 3.8) is 0 Å². The fraction of sp³-hybridized carbons (Fsp3) is 0.222. The minimum atomic E-state index is -1.27. The molecule has 4 nitrogen and oxygen atoms in total. The van der Waals surface area contributed by atoms with Crippen molar-refractivity contribution in [2.75, 3.05) is 11.5 Å². The van der Waals surface area contributed by atoms with Crippen molar-refractivity contribution in [1.29, 1.82) is 0 Å². The predicted octanol–water partition coefficient (Wildman–Crippen LogP) is 0.00280. The molecule has 0 heterocycles. The van der Waals surface area contributed by atoms with E-state index in [0.29, 0.717) is 5.69 Å². The third kappa shape index (κ3) is 3.18. The molecule has 0 aliphatic heterocycles. The zero-order chi connectivity index (χ0) is 10.6. The van der Waals surface area contributed by atoms with Crippen molar-refractivity contribution in [2.45, 2.75) is 5.75 Å². The third-order valence-electron chi connectivity index (χ3n) is 1.67. The molecule has 0 saturated carbocycles. The molecule has 5 heteroatoms. The average molecular weight is 212 g/mol. The standard InChI is InChI=1S/C9H12N2O2S/c10-8-4-2-1-3-7(8)5-14(13)6-9(11)12/h1-4H,5-6,10H2,(H2,11,12). The first kappa shape index (κ1) is 10.7. The summed E-state index contributed by atoms with van der Waals surface area (Å²) in [5.74, 6) is -0.401. The SMILES string of the molecule is NC(=O)CS(=O)Cc1ccccc1N. The van der Waals surface area contributed by atoms with Crippen molar-refractivity contribution < 1.29 is 9.00 Å². The van der Waals surface area contributed by atoms with Crippen LogP contribution in [0.3, 0.4) is 0 Å². The smallest absolute Gasteiger partial charge is 0.230 e. The van der Waals surface area contributed by atoms with Gasteiger partial charge in [-0.2, -0.15) is 0 Å². The number of benzene rings is 1. The summed E-state index contributed by atoms with van der Waals surface area (Å²) in [6, 6.07) is 7.13. The van der Waals surface area contributed by atoms with E-state index >= 15 is 0 Å². The lowest BCUT2D eigenvalue weighted by molar-refractivity contribution is -0.115. The second-order valence-corrected chi connectivity index (χ2v) is 4.35. The quantitative estimate of drug-likeness (QED) is 0.689. The molecule has 1 unspecified atom stereocenters. The Balaban J connectivity index is 2.65. The first-order valence-electron chi connectivity index (χ1n) is 4.06. The number of carbonyl (C=O) groups is 1. The lowest BCUT2D eigenvalue weighted by atomic mass is 10.2. The Morgan fingerprint density at radius 3 is 2.57 bits per heavy atom. The summed E-state index contributed by atoms with van der Waals surface area (Å²) >= 11 is 0. The zero-order valence-corrected chi connectivity index (χ0v) is 8.42. The van der Waals surface area contributed by atoms with E-state index in [4.69, 9.17) is 11.5 Å². The third-order valence-corrected chi connectivity index (χ3v) is 2.91. The van der Waals surface area contributed by atoms with E-state index in [1.807, 2.05) is 6.07 Å². The summed E-state index contributed by atoms with van der Waals surface area (Å²) in [6.45, 7) is 0. The number of nitrogens with two attached hydrogens (primary N) is 2. The average Bonchev–Trinajstić information content (AvgIpc) is 2.07. The zero-order valence-electron chi connectivity index (χ0n) is 7.60. The molecule has 14 heavy (non-hydrogen) atoms. The Kier molecular flexibility index (Phi) is 3.64. The summed E-state index contributed by atoms with van der Waals surface area (Å²) in [5, 5.41) is 0. The van der Waals surface area contributed by atoms with E-state index in [0.717, 1.165) is 5.56 Å². The number of hydrogen-bond donors (Lipinski definition) is 2. The van der Waals surface area contributed by atoms with Crippen LogP contribution >= 0.6 is 0 Å². The number of nitrogen functional groups attached to an aromatic ring is 1. The van der Waals surface area contributed by atoms with Crippen LogP contribution in [0.4, 0.5) is 5.69 Å². The summed E-state index contributed by atoms with van der Waals surface area (Å²) < 4.78 is 11.3. The van der Waals surface area contributed by atoms with Gasteiger partial charge in [0.15, 0.2) is 0 Å². The minimum absolute atomic E-state index is 0.117. The van der Waals surface area contributed by atoms with Gasteiger partial charge in [-0.25, -0.2) is 0 Å². The molecular formula is C9H12N2O2S. The maximum atomic E-state index is 11.3. The van der Waals surface area contributed by atoms with Crippen LogP contribution in [0.1, 0.15) is 5.56 Å². The second-order valence-electron chi connectivity index (χ2n) is 2.89. The largest absolute Gasteiger partial charge is 0.398 e. The molecule has 0 fully saturated rings. The number of para-hydroxylation sites is 1. The van der Waals surface area contributed by atoms with Crippen LogP contribution < -0.4 is 11.5 Å². The van der Waals surface area contributed by atoms with Crippen LogP contribution in [0, 0.1) is 0 Å². The van der Waals surface area contributed by atoms with Crippen LogP contribution in [-0.2, 0) is 21.3 Å². The molecule has 4 N–H and O–H groups in total. The van der Waals surface area contributed by atoms with Crippen LogP contribution in [0.2, 0.25) is 0 Å². The molecule has 0 saturated heterocycles. The number of hydrogen-bond acceptors (Lipinski definition) is 3. The Labute approximate surface area is 84.7 Å². The van der Waals surface area contributed by atoms with Crippen molar-refractivity contribution in [1.82, 2.24) is 0 Å². The van der Waals surface area contributed by atoms with Gasteiger partial charge in [0.05, 0.1) is 5.75 Å². The highest BCUT2D eigenvalue weighted by atomic mass is 32.2. The summed E-state index contributed by atoms with van der Waals surface area (Å²) in [7, 11) is -1.27. The van der Waals surface area contributed by atoms with E-state index in [9.17, 15) is 9.00 Å². The van der Waals surface area contributed by atoms with Gasteiger partial charge < -0.3 is 11.5 Å². The van der Waals surface area contributed by atoms with Crippen molar-refractivity contribution in [2.24, 2.45) is 5.73 Å². The van der Waals surface area contributed by atoms with Crippen molar-refractivity contribution in [3.8, 4) is 0 Å². The van der Waals surface area contributed by atoms with Crippen LogP contribution in [0.5, 0.6) is 0 Å². The molecule has 0 radical (unpaired) electrons. The number of carbonyl (C=O) groups excluding carboxylic acids is 1. The van der Waals surface area contributed by atoms with Gasteiger partial charge in [0.1, 0.15) is 5.75 Å². The lowest BCUT2D eigenvalue weighted by Crippen LogP contribution is -2.20. The van der Waals surface area contributed by atoms with Gasteiger partial charge in [-0.1, -0.05) is 18.2 Å². The van der Waals surface area contributed by atoms with E-state index in [1.165, 1.54) is 0 Å². The Hall–Kier alpha value is -1.36. The Bertz CT molecular complexity index is 366. The van der Waals surface area contributed by atoms with Gasteiger partial charge >= 0.3 is 0 Å². The lowest BCUT2D eigenvalue weighted by Gasteiger charge is -2.03. The Morgan fingerprint density at radius 1 is 1.36 bits per heavy atom. The second kappa shape index (κ2) is 4.76. The summed E-state index contributed by atoms with van der Waals surface area (Å²) in [6.07, 6.45) is 0. The van der Waals surface area contributed by atoms with Gasteiger partial charge in [0, 0.05) is 16.5 Å². The highest BCUT2D eigenvalue weighted by Gasteiger charge is 2.06. The van der Waals surface area contributed by atoms with Gasteiger partial charge in [0.25, 0.3) is 0 Å². The van der Waals surface area contributed by atoms with Gasteiger partial charge in [0.2, 0.25) is 5.91 Å². The number of rotatable bonds is 4.